The van der Waals surface area contributed by atoms with Crippen molar-refractivity contribution < 1.29 is 4.79 Å². The molecule has 0 amide bonds. The van der Waals surface area contributed by atoms with Crippen LogP contribution in [0.15, 0.2) is 39.5 Å². The standard InChI is InChI=1S/C11H9N3O2S/c1-7-4-8(6-15)5-13-10(7)17-11-12-3-2-9(16)14-11/h2-6H,1H3,(H,12,14,16). The number of nitrogens with zero attached hydrogens (tertiary/aromatic N) is 2. The fraction of sp³-hybridized carbons (Fsp3) is 0.0909. The van der Waals surface area contributed by atoms with Gasteiger partial charge in [0, 0.05) is 24.0 Å². The maximum absolute atomic E-state index is 11.1. The van der Waals surface area contributed by atoms with Crippen LogP contribution in [0, 0.1) is 6.92 Å². The fourth-order valence-electron chi connectivity index (χ4n) is 1.25. The third-order valence-electron chi connectivity index (χ3n) is 2.03. The van der Waals surface area contributed by atoms with Crippen molar-refractivity contribution in [1.82, 2.24) is 15.0 Å². The summed E-state index contributed by atoms with van der Waals surface area (Å²) < 4.78 is 0. The Balaban J connectivity index is 2.30. The highest BCUT2D eigenvalue weighted by Crippen LogP contribution is 2.24. The number of hydrogen-bond donors (Lipinski definition) is 1. The molecule has 0 radical (unpaired) electrons. The minimum absolute atomic E-state index is 0.204. The number of carbonyl (C=O) groups excluding carboxylic acids is 1. The van der Waals surface area contributed by atoms with Gasteiger partial charge >= 0.3 is 0 Å². The molecule has 0 aromatic carbocycles. The SMILES string of the molecule is Cc1cc(C=O)cnc1Sc1nccc(=O)[nH]1. The van der Waals surface area contributed by atoms with E-state index in [1.807, 2.05) is 6.92 Å². The van der Waals surface area contributed by atoms with E-state index in [1.165, 1.54) is 30.2 Å². The monoisotopic (exact) mass is 247 g/mol. The van der Waals surface area contributed by atoms with Gasteiger partial charge in [0.1, 0.15) is 5.03 Å². The van der Waals surface area contributed by atoms with E-state index >= 15 is 0 Å². The Kier molecular flexibility index (Phi) is 3.34. The minimum Gasteiger partial charge on any atom is -0.301 e. The van der Waals surface area contributed by atoms with Gasteiger partial charge in [-0.2, -0.15) is 0 Å². The average Bonchev–Trinajstić information content (AvgIpc) is 2.32. The molecule has 5 nitrogen and oxygen atoms in total. The largest absolute Gasteiger partial charge is 0.301 e. The first kappa shape index (κ1) is 11.5. The predicted octanol–water partition coefficient (Wildman–Crippen LogP) is 1.44. The number of hydrogen-bond acceptors (Lipinski definition) is 5. The number of aldehydes is 1. The zero-order chi connectivity index (χ0) is 12.3. The van der Waals surface area contributed by atoms with Crippen molar-refractivity contribution in [2.75, 3.05) is 0 Å². The van der Waals surface area contributed by atoms with Crippen LogP contribution in [0.3, 0.4) is 0 Å². The smallest absolute Gasteiger partial charge is 0.251 e. The van der Waals surface area contributed by atoms with E-state index in [1.54, 1.807) is 6.07 Å². The van der Waals surface area contributed by atoms with Gasteiger partial charge in [0.05, 0.1) is 0 Å². The molecule has 2 rings (SSSR count). The summed E-state index contributed by atoms with van der Waals surface area (Å²) in [6, 6.07) is 3.09. The van der Waals surface area contributed by atoms with Gasteiger partial charge in [-0.3, -0.25) is 9.59 Å². The van der Waals surface area contributed by atoms with E-state index in [-0.39, 0.29) is 5.56 Å². The predicted molar refractivity (Wildman–Crippen MR) is 63.3 cm³/mol. The molecule has 0 saturated heterocycles. The summed E-state index contributed by atoms with van der Waals surface area (Å²) in [5, 5.41) is 1.19. The van der Waals surface area contributed by atoms with Crippen molar-refractivity contribution in [3.05, 3.63) is 46.0 Å². The lowest BCUT2D eigenvalue weighted by molar-refractivity contribution is 0.112. The van der Waals surface area contributed by atoms with Crippen LogP contribution in [0.25, 0.3) is 0 Å². The summed E-state index contributed by atoms with van der Waals surface area (Å²) in [5.74, 6) is 0. The number of aromatic nitrogens is 3. The molecule has 2 aromatic rings. The molecule has 0 saturated carbocycles. The van der Waals surface area contributed by atoms with E-state index in [2.05, 4.69) is 15.0 Å². The van der Waals surface area contributed by atoms with Gasteiger partial charge in [0.2, 0.25) is 0 Å². The number of H-pyrrole nitrogens is 1. The third kappa shape index (κ3) is 2.79. The summed E-state index contributed by atoms with van der Waals surface area (Å²) in [4.78, 5) is 32.4. The van der Waals surface area contributed by atoms with Crippen molar-refractivity contribution in [3.63, 3.8) is 0 Å². The molecule has 0 bridgehead atoms. The molecule has 0 unspecified atom stereocenters. The lowest BCUT2D eigenvalue weighted by atomic mass is 10.2. The lowest BCUT2D eigenvalue weighted by Gasteiger charge is -2.03. The van der Waals surface area contributed by atoms with Crippen LogP contribution in [-0.4, -0.2) is 21.2 Å². The molecule has 1 N–H and O–H groups in total. The number of aryl methyl sites for hydroxylation is 1. The molecule has 0 atom stereocenters. The molecule has 6 heteroatoms. The van der Waals surface area contributed by atoms with E-state index in [4.69, 9.17) is 0 Å². The lowest BCUT2D eigenvalue weighted by Crippen LogP contribution is -2.05. The van der Waals surface area contributed by atoms with E-state index < -0.39 is 0 Å². The van der Waals surface area contributed by atoms with Crippen molar-refractivity contribution in [2.45, 2.75) is 17.1 Å². The maximum Gasteiger partial charge on any atom is 0.251 e. The fourth-order valence-corrected chi connectivity index (χ4v) is 2.02. The molecule has 0 fully saturated rings. The quantitative estimate of drug-likeness (QED) is 0.656. The molecule has 0 aliphatic rings. The van der Waals surface area contributed by atoms with Crippen molar-refractivity contribution >= 4 is 18.0 Å². The minimum atomic E-state index is -0.204. The van der Waals surface area contributed by atoms with Crippen LogP contribution in [-0.2, 0) is 0 Å². The third-order valence-corrected chi connectivity index (χ3v) is 3.05. The van der Waals surface area contributed by atoms with Gasteiger partial charge in [0.25, 0.3) is 5.56 Å². The summed E-state index contributed by atoms with van der Waals surface area (Å²) in [6.45, 7) is 1.85. The molecule has 0 spiro atoms. The van der Waals surface area contributed by atoms with Gasteiger partial charge in [0.15, 0.2) is 11.4 Å². The summed E-state index contributed by atoms with van der Waals surface area (Å²) in [5.41, 5.74) is 1.19. The zero-order valence-corrected chi connectivity index (χ0v) is 9.82. The molecule has 0 aliphatic carbocycles. The second kappa shape index (κ2) is 4.92. The van der Waals surface area contributed by atoms with Crippen LogP contribution in [0.4, 0.5) is 0 Å². The molecule has 2 heterocycles. The van der Waals surface area contributed by atoms with Gasteiger partial charge < -0.3 is 4.98 Å². The van der Waals surface area contributed by atoms with Crippen LogP contribution >= 0.6 is 11.8 Å². The molecule has 2 aromatic heterocycles. The molecule has 0 aliphatic heterocycles. The van der Waals surface area contributed by atoms with Crippen molar-refractivity contribution in [2.24, 2.45) is 0 Å². The summed E-state index contributed by atoms with van der Waals surface area (Å²) >= 11 is 1.25. The Hall–Kier alpha value is -1.95. The summed E-state index contributed by atoms with van der Waals surface area (Å²) in [6.07, 6.45) is 3.68. The Morgan fingerprint density at radius 3 is 2.88 bits per heavy atom. The number of aromatic amines is 1. The molecule has 17 heavy (non-hydrogen) atoms. The summed E-state index contributed by atoms with van der Waals surface area (Å²) in [7, 11) is 0. The second-order valence-corrected chi connectivity index (χ2v) is 4.33. The Morgan fingerprint density at radius 2 is 2.24 bits per heavy atom. The number of rotatable bonds is 3. The van der Waals surface area contributed by atoms with E-state index in [0.29, 0.717) is 15.7 Å². The Morgan fingerprint density at radius 1 is 1.41 bits per heavy atom. The van der Waals surface area contributed by atoms with Gasteiger partial charge in [-0.05, 0) is 30.3 Å². The van der Waals surface area contributed by atoms with Gasteiger partial charge in [-0.1, -0.05) is 0 Å². The Labute approximate surface area is 101 Å². The van der Waals surface area contributed by atoms with Crippen LogP contribution < -0.4 is 5.56 Å². The van der Waals surface area contributed by atoms with Crippen LogP contribution in [0.5, 0.6) is 0 Å². The van der Waals surface area contributed by atoms with Crippen molar-refractivity contribution in [1.29, 1.82) is 0 Å². The highest BCUT2D eigenvalue weighted by molar-refractivity contribution is 7.99. The normalized spacial score (nSPS) is 10.2. The van der Waals surface area contributed by atoms with E-state index in [9.17, 15) is 9.59 Å². The van der Waals surface area contributed by atoms with Gasteiger partial charge in [-0.25, -0.2) is 9.97 Å². The average molecular weight is 247 g/mol. The number of nitrogens with one attached hydrogen (secondary N) is 1. The number of pyridine rings is 1. The van der Waals surface area contributed by atoms with Gasteiger partial charge in [-0.15, -0.1) is 0 Å². The zero-order valence-electron chi connectivity index (χ0n) is 9.01. The first-order valence-corrected chi connectivity index (χ1v) is 5.65. The molecule has 86 valence electrons. The first-order valence-electron chi connectivity index (χ1n) is 4.84. The number of carbonyl (C=O) groups is 1. The molecular formula is C11H9N3O2S. The highest BCUT2D eigenvalue weighted by atomic mass is 32.2. The maximum atomic E-state index is 11.1. The van der Waals surface area contributed by atoms with Crippen molar-refractivity contribution in [3.8, 4) is 0 Å². The van der Waals surface area contributed by atoms with E-state index in [0.717, 1.165) is 11.8 Å². The van der Waals surface area contributed by atoms with Crippen LogP contribution in [0.2, 0.25) is 0 Å². The Bertz CT molecular complexity index is 610. The second-order valence-electron chi connectivity index (χ2n) is 3.35. The highest BCUT2D eigenvalue weighted by Gasteiger charge is 2.05. The topological polar surface area (TPSA) is 75.7 Å². The van der Waals surface area contributed by atoms with Crippen LogP contribution in [0.1, 0.15) is 15.9 Å². The first-order chi connectivity index (χ1) is 8.19. The molecular weight excluding hydrogens is 238 g/mol.